The Kier molecular flexibility index (Phi) is 4.81. The van der Waals surface area contributed by atoms with Crippen molar-refractivity contribution in [3.8, 4) is 0 Å². The quantitative estimate of drug-likeness (QED) is 0.514. The van der Waals surface area contributed by atoms with Gasteiger partial charge >= 0.3 is 17.8 Å². The van der Waals surface area contributed by atoms with Crippen molar-refractivity contribution in [3.63, 3.8) is 0 Å². The third-order valence-electron chi connectivity index (χ3n) is 4.41. The molecule has 1 aromatic heterocycles. The third-order valence-corrected chi connectivity index (χ3v) is 4.41. The number of amides is 4. The van der Waals surface area contributed by atoms with Gasteiger partial charge in [-0.2, -0.15) is 0 Å². The zero-order chi connectivity index (χ0) is 18.8. The molecule has 3 rings (SSSR count). The number of imide groups is 2. The monoisotopic (exact) mass is 358 g/mol. The normalized spacial score (nSPS) is 16.0. The summed E-state index contributed by atoms with van der Waals surface area (Å²) in [6.07, 6.45) is 0. The summed E-state index contributed by atoms with van der Waals surface area (Å²) in [6, 6.07) is 6.42. The molecule has 1 aliphatic heterocycles. The Bertz CT molecular complexity index is 938. The molecule has 2 N–H and O–H groups in total. The topological polar surface area (TPSA) is 108 Å². The average Bonchev–Trinajstić information content (AvgIpc) is 2.84. The lowest BCUT2D eigenvalue weighted by Gasteiger charge is -2.21. The van der Waals surface area contributed by atoms with E-state index in [0.717, 1.165) is 14.7 Å². The standard InChI is InChI=1S/C17H19N5O4/c1-3-20(10-22-16(25)15(24)21(4-2)17(22)26)9-13-18-12-8-6-5-7-11(12)14(23)19-13/h5-8H,3-4,9-10H2,1-2H3,(H,18,19,23)/p+1. The summed E-state index contributed by atoms with van der Waals surface area (Å²) in [5.74, 6) is -1.16. The fraction of sp³-hybridized carbons (Fsp3) is 0.353. The molecule has 26 heavy (non-hydrogen) atoms. The fourth-order valence-electron chi connectivity index (χ4n) is 2.94. The van der Waals surface area contributed by atoms with Gasteiger partial charge in [-0.1, -0.05) is 12.1 Å². The summed E-state index contributed by atoms with van der Waals surface area (Å²) < 4.78 is 0. The number of benzene rings is 1. The number of urea groups is 1. The molecule has 1 aliphatic rings. The van der Waals surface area contributed by atoms with Crippen LogP contribution in [-0.2, 0) is 16.1 Å². The Labute approximate surface area is 149 Å². The number of hydrogen-bond donors (Lipinski definition) is 2. The Morgan fingerprint density at radius 1 is 1.04 bits per heavy atom. The van der Waals surface area contributed by atoms with E-state index in [9.17, 15) is 19.2 Å². The van der Waals surface area contributed by atoms with E-state index in [4.69, 9.17) is 0 Å². The lowest BCUT2D eigenvalue weighted by molar-refractivity contribution is -0.919. The number of nitrogens with zero attached hydrogens (tertiary/aromatic N) is 3. The highest BCUT2D eigenvalue weighted by Gasteiger charge is 2.45. The van der Waals surface area contributed by atoms with Crippen LogP contribution >= 0.6 is 0 Å². The summed E-state index contributed by atoms with van der Waals surface area (Å²) in [6.45, 7) is 4.61. The molecule has 2 aromatic rings. The number of rotatable bonds is 6. The zero-order valence-electron chi connectivity index (χ0n) is 14.6. The second-order valence-corrected chi connectivity index (χ2v) is 6.03. The Balaban J connectivity index is 1.80. The van der Waals surface area contributed by atoms with E-state index >= 15 is 0 Å². The van der Waals surface area contributed by atoms with Gasteiger partial charge in [-0.05, 0) is 26.0 Å². The second kappa shape index (κ2) is 7.04. The highest BCUT2D eigenvalue weighted by molar-refractivity contribution is 6.44. The van der Waals surface area contributed by atoms with E-state index < -0.39 is 17.8 Å². The number of likely N-dealkylation sites (N-methyl/N-ethyl adjacent to an activating group) is 1. The largest absolute Gasteiger partial charge is 0.338 e. The molecule has 0 aliphatic carbocycles. The van der Waals surface area contributed by atoms with Crippen LogP contribution in [0.3, 0.4) is 0 Å². The van der Waals surface area contributed by atoms with Crippen LogP contribution in [0.25, 0.3) is 10.9 Å². The van der Waals surface area contributed by atoms with Gasteiger partial charge in [-0.15, -0.1) is 0 Å². The first kappa shape index (κ1) is 17.7. The van der Waals surface area contributed by atoms with Crippen LogP contribution < -0.4 is 10.5 Å². The van der Waals surface area contributed by atoms with Gasteiger partial charge in [-0.3, -0.25) is 19.3 Å². The van der Waals surface area contributed by atoms with E-state index in [-0.39, 0.29) is 18.8 Å². The van der Waals surface area contributed by atoms with Gasteiger partial charge in [0, 0.05) is 6.54 Å². The van der Waals surface area contributed by atoms with E-state index in [0.29, 0.717) is 29.8 Å². The third kappa shape index (κ3) is 3.08. The fourth-order valence-corrected chi connectivity index (χ4v) is 2.94. The van der Waals surface area contributed by atoms with Crippen molar-refractivity contribution in [2.45, 2.75) is 20.4 Å². The molecule has 1 saturated heterocycles. The molecule has 2 heterocycles. The van der Waals surface area contributed by atoms with E-state index in [1.54, 1.807) is 31.2 Å². The van der Waals surface area contributed by atoms with Crippen LogP contribution in [0.15, 0.2) is 29.1 Å². The number of aromatic amines is 1. The van der Waals surface area contributed by atoms with Crippen molar-refractivity contribution in [1.82, 2.24) is 19.8 Å². The van der Waals surface area contributed by atoms with Crippen LogP contribution in [0.4, 0.5) is 4.79 Å². The number of hydrogen-bond acceptors (Lipinski definition) is 5. The van der Waals surface area contributed by atoms with Crippen LogP contribution in [-0.4, -0.2) is 57.4 Å². The molecule has 0 spiro atoms. The maximum Gasteiger partial charge on any atom is 0.338 e. The smallest absolute Gasteiger partial charge is 0.311 e. The first-order valence-corrected chi connectivity index (χ1v) is 8.45. The van der Waals surface area contributed by atoms with Crippen LogP contribution in [0.2, 0.25) is 0 Å². The van der Waals surface area contributed by atoms with Crippen molar-refractivity contribution >= 4 is 28.7 Å². The second-order valence-electron chi connectivity index (χ2n) is 6.03. The van der Waals surface area contributed by atoms with Gasteiger partial charge in [0.2, 0.25) is 0 Å². The molecule has 9 nitrogen and oxygen atoms in total. The molecule has 1 aromatic carbocycles. The number of para-hydroxylation sites is 1. The summed E-state index contributed by atoms with van der Waals surface area (Å²) in [4.78, 5) is 58.1. The van der Waals surface area contributed by atoms with E-state index in [1.807, 2.05) is 6.92 Å². The Morgan fingerprint density at radius 2 is 1.73 bits per heavy atom. The molecule has 0 bridgehead atoms. The lowest BCUT2D eigenvalue weighted by atomic mass is 10.2. The molecule has 1 atom stereocenters. The number of quaternary nitrogens is 1. The zero-order valence-corrected chi connectivity index (χ0v) is 14.6. The summed E-state index contributed by atoms with van der Waals surface area (Å²) in [5, 5.41) is 0.503. The van der Waals surface area contributed by atoms with Crippen LogP contribution in [0, 0.1) is 0 Å². The molecular weight excluding hydrogens is 338 g/mol. The van der Waals surface area contributed by atoms with Gasteiger partial charge in [0.15, 0.2) is 12.5 Å². The maximum absolute atomic E-state index is 12.2. The van der Waals surface area contributed by atoms with Gasteiger partial charge in [-0.25, -0.2) is 14.7 Å². The predicted octanol–water partition coefficient (Wildman–Crippen LogP) is -0.904. The molecule has 9 heteroatoms. The molecule has 0 saturated carbocycles. The van der Waals surface area contributed by atoms with Gasteiger partial charge in [0.05, 0.1) is 17.4 Å². The number of fused-ring (bicyclic) bond motifs is 1. The van der Waals surface area contributed by atoms with Crippen molar-refractivity contribution in [1.29, 1.82) is 0 Å². The van der Waals surface area contributed by atoms with Crippen LogP contribution in [0.5, 0.6) is 0 Å². The lowest BCUT2D eigenvalue weighted by Crippen LogP contribution is -3.12. The van der Waals surface area contributed by atoms with Gasteiger partial charge in [0.1, 0.15) is 6.54 Å². The van der Waals surface area contributed by atoms with E-state index in [2.05, 4.69) is 9.97 Å². The van der Waals surface area contributed by atoms with Gasteiger partial charge in [0.25, 0.3) is 5.56 Å². The summed E-state index contributed by atoms with van der Waals surface area (Å²) in [5.41, 5.74) is 0.351. The molecule has 136 valence electrons. The highest BCUT2D eigenvalue weighted by atomic mass is 16.2. The minimum atomic E-state index is -0.817. The number of carbonyl (C=O) groups is 3. The average molecular weight is 358 g/mol. The predicted molar refractivity (Wildman–Crippen MR) is 92.1 cm³/mol. The molecule has 1 unspecified atom stereocenters. The maximum atomic E-state index is 12.2. The van der Waals surface area contributed by atoms with Crippen molar-refractivity contribution < 1.29 is 19.3 Å². The number of H-pyrrole nitrogens is 1. The summed E-state index contributed by atoms with van der Waals surface area (Å²) in [7, 11) is 0. The highest BCUT2D eigenvalue weighted by Crippen LogP contribution is 2.09. The summed E-state index contributed by atoms with van der Waals surface area (Å²) >= 11 is 0. The molecule has 4 amide bonds. The molecule has 0 radical (unpaired) electrons. The van der Waals surface area contributed by atoms with Crippen molar-refractivity contribution in [3.05, 3.63) is 40.4 Å². The van der Waals surface area contributed by atoms with Crippen molar-refractivity contribution in [2.75, 3.05) is 19.8 Å². The SMILES string of the molecule is CCN1C(=O)C(=O)N(C[NH+](CC)Cc2nc3ccccc3c(=O)[nH]2)C1=O. The number of nitrogens with one attached hydrogen (secondary N) is 2. The number of carbonyl (C=O) groups excluding carboxylic acids is 3. The first-order chi connectivity index (χ1) is 12.5. The minimum absolute atomic E-state index is 0.0347. The molecular formula is C17H20N5O4+. The number of aromatic nitrogens is 2. The minimum Gasteiger partial charge on any atom is -0.311 e. The Hall–Kier alpha value is -3.07. The Morgan fingerprint density at radius 3 is 2.38 bits per heavy atom. The molecule has 1 fully saturated rings. The van der Waals surface area contributed by atoms with Crippen LogP contribution in [0.1, 0.15) is 19.7 Å². The first-order valence-electron chi connectivity index (χ1n) is 8.45. The van der Waals surface area contributed by atoms with Gasteiger partial charge < -0.3 is 9.88 Å². The van der Waals surface area contributed by atoms with Crippen molar-refractivity contribution in [2.24, 2.45) is 0 Å². The van der Waals surface area contributed by atoms with E-state index in [1.165, 1.54) is 0 Å².